The van der Waals surface area contributed by atoms with Crippen LogP contribution in [0.1, 0.15) is 44.3 Å². The van der Waals surface area contributed by atoms with Gasteiger partial charge in [-0.15, -0.1) is 0 Å². The van der Waals surface area contributed by atoms with Crippen LogP contribution in [0.5, 0.6) is 0 Å². The quantitative estimate of drug-likeness (QED) is 0.896. The van der Waals surface area contributed by atoms with Gasteiger partial charge in [0.15, 0.2) is 5.82 Å². The largest absolute Gasteiger partial charge is 0.380 e. The minimum absolute atomic E-state index is 0.277. The van der Waals surface area contributed by atoms with Crippen LogP contribution in [0.25, 0.3) is 11.1 Å². The molecule has 4 heteroatoms. The molecule has 1 fully saturated rings. The van der Waals surface area contributed by atoms with Gasteiger partial charge in [0, 0.05) is 12.0 Å². The van der Waals surface area contributed by atoms with Crippen molar-refractivity contribution in [3.8, 4) is 11.1 Å². The van der Waals surface area contributed by atoms with Crippen molar-refractivity contribution < 1.29 is 8.91 Å². The second-order valence-corrected chi connectivity index (χ2v) is 5.89. The lowest BCUT2D eigenvalue weighted by Gasteiger charge is -2.20. The average Bonchev–Trinajstić information content (AvgIpc) is 2.88. The van der Waals surface area contributed by atoms with Crippen molar-refractivity contribution in [1.82, 2.24) is 5.16 Å². The van der Waals surface area contributed by atoms with Crippen LogP contribution in [-0.2, 0) is 6.42 Å². The summed E-state index contributed by atoms with van der Waals surface area (Å²) in [7, 11) is 0. The number of hydrogen-bond donors (Lipinski definition) is 1. The molecular weight excluding hydrogens is 267 g/mol. The molecule has 0 bridgehead atoms. The number of hydrogen-bond acceptors (Lipinski definition) is 3. The summed E-state index contributed by atoms with van der Waals surface area (Å²) in [5.74, 6) is 1.45. The Morgan fingerprint density at radius 3 is 2.71 bits per heavy atom. The smallest absolute Gasteiger partial charge is 0.175 e. The first kappa shape index (κ1) is 14.1. The number of nitrogens with two attached hydrogens (primary N) is 1. The van der Waals surface area contributed by atoms with Gasteiger partial charge in [-0.05, 0) is 18.4 Å². The minimum Gasteiger partial charge on any atom is -0.380 e. The Morgan fingerprint density at radius 1 is 1.19 bits per heavy atom. The highest BCUT2D eigenvalue weighted by Crippen LogP contribution is 2.34. The summed E-state index contributed by atoms with van der Waals surface area (Å²) < 4.78 is 19.3. The van der Waals surface area contributed by atoms with E-state index in [0.717, 1.165) is 18.8 Å². The molecule has 0 aliphatic heterocycles. The van der Waals surface area contributed by atoms with Crippen LogP contribution >= 0.6 is 0 Å². The van der Waals surface area contributed by atoms with Gasteiger partial charge in [0.05, 0.1) is 5.56 Å². The third-order valence-corrected chi connectivity index (χ3v) is 4.44. The molecule has 0 atom stereocenters. The monoisotopic (exact) mass is 288 g/mol. The molecule has 1 aromatic heterocycles. The molecule has 3 nitrogen and oxygen atoms in total. The average molecular weight is 288 g/mol. The zero-order valence-electron chi connectivity index (χ0n) is 12.1. The Morgan fingerprint density at radius 2 is 1.95 bits per heavy atom. The highest BCUT2D eigenvalue weighted by atomic mass is 19.1. The Balaban J connectivity index is 1.79. The van der Waals surface area contributed by atoms with Crippen LogP contribution < -0.4 is 5.73 Å². The molecule has 0 saturated heterocycles. The van der Waals surface area contributed by atoms with E-state index in [4.69, 9.17) is 10.3 Å². The predicted molar refractivity (Wildman–Crippen MR) is 81.2 cm³/mol. The zero-order valence-corrected chi connectivity index (χ0v) is 12.1. The van der Waals surface area contributed by atoms with E-state index in [-0.39, 0.29) is 11.6 Å². The summed E-state index contributed by atoms with van der Waals surface area (Å²) >= 11 is 0. The van der Waals surface area contributed by atoms with E-state index in [1.807, 2.05) is 0 Å². The SMILES string of the molecule is Nc1noc(CCC2CCCCC2)c1-c1ccccc1F. The van der Waals surface area contributed by atoms with Crippen molar-refractivity contribution >= 4 is 5.82 Å². The molecule has 0 unspecified atom stereocenters. The summed E-state index contributed by atoms with van der Waals surface area (Å²) in [6, 6.07) is 6.63. The fraction of sp³-hybridized carbons (Fsp3) is 0.471. The fourth-order valence-electron chi connectivity index (χ4n) is 3.27. The number of benzene rings is 1. The summed E-state index contributed by atoms with van der Waals surface area (Å²) in [5.41, 5.74) is 6.99. The topological polar surface area (TPSA) is 52.0 Å². The van der Waals surface area contributed by atoms with Gasteiger partial charge in [0.25, 0.3) is 0 Å². The fourth-order valence-corrected chi connectivity index (χ4v) is 3.27. The Labute approximate surface area is 124 Å². The van der Waals surface area contributed by atoms with E-state index in [1.54, 1.807) is 18.2 Å². The van der Waals surface area contributed by atoms with Crippen molar-refractivity contribution in [2.45, 2.75) is 44.9 Å². The molecule has 0 amide bonds. The van der Waals surface area contributed by atoms with Gasteiger partial charge in [0.1, 0.15) is 11.6 Å². The number of anilines is 1. The highest BCUT2D eigenvalue weighted by molar-refractivity contribution is 5.75. The van der Waals surface area contributed by atoms with Crippen LogP contribution in [0.15, 0.2) is 28.8 Å². The van der Waals surface area contributed by atoms with Gasteiger partial charge in [-0.2, -0.15) is 0 Å². The van der Waals surface area contributed by atoms with Crippen LogP contribution in [0.3, 0.4) is 0 Å². The molecular formula is C17H21FN2O. The molecule has 112 valence electrons. The van der Waals surface area contributed by atoms with Gasteiger partial charge < -0.3 is 10.3 Å². The molecule has 0 radical (unpaired) electrons. The maximum absolute atomic E-state index is 14.0. The van der Waals surface area contributed by atoms with Crippen LogP contribution in [-0.4, -0.2) is 5.16 Å². The van der Waals surface area contributed by atoms with E-state index in [1.165, 1.54) is 38.2 Å². The molecule has 1 heterocycles. The molecule has 2 N–H and O–H groups in total. The van der Waals surface area contributed by atoms with E-state index in [2.05, 4.69) is 5.16 Å². The number of aromatic nitrogens is 1. The lowest BCUT2D eigenvalue weighted by molar-refractivity contribution is 0.318. The normalized spacial score (nSPS) is 16.2. The summed E-state index contributed by atoms with van der Waals surface area (Å²) in [6.07, 6.45) is 8.42. The predicted octanol–water partition coefficient (Wildman–Crippen LogP) is 4.58. The maximum atomic E-state index is 14.0. The molecule has 1 saturated carbocycles. The number of aryl methyl sites for hydroxylation is 1. The van der Waals surface area contributed by atoms with E-state index in [9.17, 15) is 4.39 Å². The Bertz CT molecular complexity index is 603. The third kappa shape index (κ3) is 3.09. The molecule has 1 aliphatic carbocycles. The van der Waals surface area contributed by atoms with E-state index >= 15 is 0 Å². The van der Waals surface area contributed by atoms with Crippen molar-refractivity contribution in [3.63, 3.8) is 0 Å². The van der Waals surface area contributed by atoms with E-state index in [0.29, 0.717) is 16.9 Å². The van der Waals surface area contributed by atoms with Gasteiger partial charge in [-0.3, -0.25) is 0 Å². The molecule has 1 aromatic carbocycles. The van der Waals surface area contributed by atoms with Crippen molar-refractivity contribution in [2.24, 2.45) is 5.92 Å². The number of nitrogens with zero attached hydrogens (tertiary/aromatic N) is 1. The van der Waals surface area contributed by atoms with E-state index < -0.39 is 0 Å². The Hall–Kier alpha value is -1.84. The highest BCUT2D eigenvalue weighted by Gasteiger charge is 2.20. The van der Waals surface area contributed by atoms with Crippen molar-refractivity contribution in [1.29, 1.82) is 0 Å². The molecule has 1 aliphatic rings. The third-order valence-electron chi connectivity index (χ3n) is 4.44. The lowest BCUT2D eigenvalue weighted by Crippen LogP contribution is -2.07. The van der Waals surface area contributed by atoms with Crippen LogP contribution in [0.4, 0.5) is 10.2 Å². The zero-order chi connectivity index (χ0) is 14.7. The second kappa shape index (κ2) is 6.29. The summed E-state index contributed by atoms with van der Waals surface area (Å²) in [6.45, 7) is 0. The van der Waals surface area contributed by atoms with Gasteiger partial charge in [-0.25, -0.2) is 4.39 Å². The van der Waals surface area contributed by atoms with Crippen LogP contribution in [0, 0.1) is 11.7 Å². The lowest BCUT2D eigenvalue weighted by atomic mass is 9.85. The van der Waals surface area contributed by atoms with Crippen molar-refractivity contribution in [3.05, 3.63) is 35.8 Å². The first-order valence-electron chi connectivity index (χ1n) is 7.74. The van der Waals surface area contributed by atoms with Crippen molar-refractivity contribution in [2.75, 3.05) is 5.73 Å². The van der Waals surface area contributed by atoms with Gasteiger partial charge in [0.2, 0.25) is 0 Å². The number of nitrogen functional groups attached to an aromatic ring is 1. The minimum atomic E-state index is -0.286. The van der Waals surface area contributed by atoms with Gasteiger partial charge >= 0.3 is 0 Å². The Kier molecular flexibility index (Phi) is 4.23. The van der Waals surface area contributed by atoms with Crippen LogP contribution in [0.2, 0.25) is 0 Å². The first-order chi connectivity index (χ1) is 10.3. The number of rotatable bonds is 4. The summed E-state index contributed by atoms with van der Waals surface area (Å²) in [5, 5.41) is 3.83. The molecule has 0 spiro atoms. The standard InChI is InChI=1S/C17H21FN2O/c18-14-9-5-4-8-13(14)16-15(21-20-17(16)19)11-10-12-6-2-1-3-7-12/h4-5,8-9,12H,1-3,6-7,10-11H2,(H2,19,20). The molecule has 21 heavy (non-hydrogen) atoms. The number of halogens is 1. The second-order valence-electron chi connectivity index (χ2n) is 5.89. The first-order valence-corrected chi connectivity index (χ1v) is 7.74. The molecule has 3 rings (SSSR count). The van der Waals surface area contributed by atoms with Gasteiger partial charge in [-0.1, -0.05) is 55.5 Å². The maximum Gasteiger partial charge on any atom is 0.175 e. The summed E-state index contributed by atoms with van der Waals surface area (Å²) in [4.78, 5) is 0. The molecule has 2 aromatic rings.